The van der Waals surface area contributed by atoms with Crippen molar-refractivity contribution in [1.29, 1.82) is 0 Å². The van der Waals surface area contributed by atoms with Crippen LogP contribution in [0.4, 0.5) is 13.2 Å². The van der Waals surface area contributed by atoms with Gasteiger partial charge in [0.1, 0.15) is 6.54 Å². The van der Waals surface area contributed by atoms with Crippen LogP contribution in [0, 0.1) is 0 Å². The van der Waals surface area contributed by atoms with E-state index in [2.05, 4.69) is 0 Å². The van der Waals surface area contributed by atoms with Gasteiger partial charge in [0.25, 0.3) is 5.56 Å². The lowest BCUT2D eigenvalue weighted by Gasteiger charge is -2.17. The second-order valence-corrected chi connectivity index (χ2v) is 4.66. The summed E-state index contributed by atoms with van der Waals surface area (Å²) in [5, 5.41) is 9.31. The van der Waals surface area contributed by atoms with E-state index in [0.717, 1.165) is 10.6 Å². The van der Waals surface area contributed by atoms with E-state index in [-0.39, 0.29) is 6.54 Å². The lowest BCUT2D eigenvalue weighted by atomic mass is 10.2. The molecule has 8 heteroatoms. The first-order chi connectivity index (χ1) is 9.27. The van der Waals surface area contributed by atoms with Gasteiger partial charge in [-0.1, -0.05) is 0 Å². The third kappa shape index (κ3) is 3.19. The number of carbonyl (C=O) groups excluding carboxylic acids is 1. The van der Waals surface area contributed by atoms with Crippen molar-refractivity contribution in [3.8, 4) is 0 Å². The molecule has 0 spiro atoms. The molecule has 110 valence electrons. The van der Waals surface area contributed by atoms with Crippen molar-refractivity contribution in [3.63, 3.8) is 0 Å². The molecule has 1 aliphatic rings. The van der Waals surface area contributed by atoms with Crippen molar-refractivity contribution in [2.45, 2.75) is 25.2 Å². The van der Waals surface area contributed by atoms with Gasteiger partial charge >= 0.3 is 6.18 Å². The maximum Gasteiger partial charge on any atom is 0.417 e. The topological polar surface area (TPSA) is 62.5 Å². The zero-order chi connectivity index (χ0) is 14.9. The average molecular weight is 290 g/mol. The van der Waals surface area contributed by atoms with Gasteiger partial charge in [0.2, 0.25) is 5.91 Å². The molecule has 1 saturated heterocycles. The van der Waals surface area contributed by atoms with Crippen LogP contribution < -0.4 is 5.56 Å². The summed E-state index contributed by atoms with van der Waals surface area (Å²) in [7, 11) is 0. The van der Waals surface area contributed by atoms with Crippen molar-refractivity contribution in [2.75, 3.05) is 13.1 Å². The number of alkyl halides is 3. The van der Waals surface area contributed by atoms with Crippen molar-refractivity contribution < 1.29 is 23.1 Å². The van der Waals surface area contributed by atoms with Gasteiger partial charge in [0.05, 0.1) is 11.7 Å². The zero-order valence-corrected chi connectivity index (χ0v) is 10.4. The summed E-state index contributed by atoms with van der Waals surface area (Å²) in [6.07, 6.45) is -4.12. The van der Waals surface area contributed by atoms with Crippen LogP contribution in [0.5, 0.6) is 0 Å². The highest BCUT2D eigenvalue weighted by molar-refractivity contribution is 5.76. The van der Waals surface area contributed by atoms with Crippen molar-refractivity contribution in [3.05, 3.63) is 34.2 Å². The Morgan fingerprint density at radius 2 is 2.10 bits per heavy atom. The molecule has 1 aliphatic heterocycles. The van der Waals surface area contributed by atoms with E-state index in [9.17, 15) is 27.9 Å². The van der Waals surface area contributed by atoms with Crippen molar-refractivity contribution in [2.24, 2.45) is 0 Å². The normalized spacial score (nSPS) is 19.4. The molecule has 0 saturated carbocycles. The van der Waals surface area contributed by atoms with Gasteiger partial charge in [-0.3, -0.25) is 9.59 Å². The van der Waals surface area contributed by atoms with Crippen LogP contribution in [-0.4, -0.2) is 39.7 Å². The number of nitrogens with zero attached hydrogens (tertiary/aromatic N) is 2. The third-order valence-electron chi connectivity index (χ3n) is 3.13. The number of aliphatic hydroxyl groups excluding tert-OH is 1. The summed E-state index contributed by atoms with van der Waals surface area (Å²) in [5.74, 6) is -0.483. The molecule has 1 aromatic heterocycles. The van der Waals surface area contributed by atoms with Gasteiger partial charge in [0, 0.05) is 25.4 Å². The maximum atomic E-state index is 12.5. The van der Waals surface area contributed by atoms with Crippen LogP contribution in [0.3, 0.4) is 0 Å². The Hall–Kier alpha value is -1.83. The lowest BCUT2D eigenvalue weighted by Crippen LogP contribution is -2.35. The Bertz CT molecular complexity index is 568. The molecule has 20 heavy (non-hydrogen) atoms. The van der Waals surface area contributed by atoms with E-state index < -0.39 is 35.9 Å². The predicted molar refractivity (Wildman–Crippen MR) is 62.9 cm³/mol. The fourth-order valence-electron chi connectivity index (χ4n) is 2.04. The average Bonchev–Trinajstić information content (AvgIpc) is 2.77. The highest BCUT2D eigenvalue weighted by Crippen LogP contribution is 2.28. The summed E-state index contributed by atoms with van der Waals surface area (Å²) in [4.78, 5) is 24.7. The predicted octanol–water partition coefficient (Wildman–Crippen LogP) is 0.460. The standard InChI is InChI=1S/C12H13F3N2O3/c13-12(14,15)8-1-2-10(19)17(5-8)7-11(20)16-4-3-9(18)6-16/h1-2,5,9,18H,3-4,6-7H2/t9-/m1/s1. The number of amides is 1. The number of likely N-dealkylation sites (tertiary alicyclic amines) is 1. The first kappa shape index (κ1) is 14.6. The Kier molecular flexibility index (Phi) is 3.85. The summed E-state index contributed by atoms with van der Waals surface area (Å²) >= 11 is 0. The highest BCUT2D eigenvalue weighted by atomic mass is 19.4. The molecule has 1 atom stereocenters. The Morgan fingerprint density at radius 1 is 1.40 bits per heavy atom. The second-order valence-electron chi connectivity index (χ2n) is 4.66. The molecular formula is C12H13F3N2O3. The second kappa shape index (κ2) is 5.28. The molecular weight excluding hydrogens is 277 g/mol. The first-order valence-corrected chi connectivity index (χ1v) is 6.01. The van der Waals surface area contributed by atoms with Gasteiger partial charge in [0.15, 0.2) is 0 Å². The molecule has 0 bridgehead atoms. The Labute approximate surface area is 112 Å². The molecule has 0 aliphatic carbocycles. The number of carbonyl (C=O) groups is 1. The molecule has 0 unspecified atom stereocenters. The quantitative estimate of drug-likeness (QED) is 0.860. The highest BCUT2D eigenvalue weighted by Gasteiger charge is 2.31. The van der Waals surface area contributed by atoms with Crippen molar-refractivity contribution in [1.82, 2.24) is 9.47 Å². The van der Waals surface area contributed by atoms with Crippen LogP contribution in [0.2, 0.25) is 0 Å². The maximum absolute atomic E-state index is 12.5. The summed E-state index contributed by atoms with van der Waals surface area (Å²) in [6, 6.07) is 1.47. The van der Waals surface area contributed by atoms with Crippen LogP contribution in [0.25, 0.3) is 0 Å². The number of aliphatic hydroxyl groups is 1. The largest absolute Gasteiger partial charge is 0.417 e. The molecule has 1 fully saturated rings. The fourth-order valence-corrected chi connectivity index (χ4v) is 2.04. The van der Waals surface area contributed by atoms with Crippen LogP contribution in [-0.2, 0) is 17.5 Å². The number of pyridine rings is 1. The van der Waals surface area contributed by atoms with E-state index in [1.807, 2.05) is 0 Å². The van der Waals surface area contributed by atoms with Gasteiger partial charge in [-0.25, -0.2) is 0 Å². The third-order valence-corrected chi connectivity index (χ3v) is 3.13. The summed E-state index contributed by atoms with van der Waals surface area (Å²) < 4.78 is 38.4. The monoisotopic (exact) mass is 290 g/mol. The number of aromatic nitrogens is 1. The number of β-amino-alcohol motifs (C(OH)–C–C–N with tert-alkyl or cyclic N) is 1. The Morgan fingerprint density at radius 3 is 2.65 bits per heavy atom. The van der Waals surface area contributed by atoms with Crippen LogP contribution in [0.1, 0.15) is 12.0 Å². The van der Waals surface area contributed by atoms with Crippen LogP contribution >= 0.6 is 0 Å². The minimum atomic E-state index is -4.57. The number of hydrogen-bond donors (Lipinski definition) is 1. The minimum Gasteiger partial charge on any atom is -0.391 e. The van der Waals surface area contributed by atoms with E-state index in [0.29, 0.717) is 25.2 Å². The molecule has 1 aromatic rings. The van der Waals surface area contributed by atoms with E-state index in [1.165, 1.54) is 4.90 Å². The first-order valence-electron chi connectivity index (χ1n) is 6.01. The zero-order valence-electron chi connectivity index (χ0n) is 10.4. The summed E-state index contributed by atoms with van der Waals surface area (Å²) in [6.45, 7) is 0.0235. The van der Waals surface area contributed by atoms with E-state index in [4.69, 9.17) is 0 Å². The molecule has 1 amide bonds. The lowest BCUT2D eigenvalue weighted by molar-refractivity contribution is -0.138. The SMILES string of the molecule is O=C(Cn1cc(C(F)(F)F)ccc1=O)N1CC[C@@H](O)C1. The van der Waals surface area contributed by atoms with Gasteiger partial charge in [-0.05, 0) is 12.5 Å². The molecule has 2 rings (SSSR count). The molecule has 1 N–H and O–H groups in total. The number of halogens is 3. The van der Waals surface area contributed by atoms with Crippen molar-refractivity contribution >= 4 is 5.91 Å². The fraction of sp³-hybridized carbons (Fsp3) is 0.500. The minimum absolute atomic E-state index is 0.145. The summed E-state index contributed by atoms with van der Waals surface area (Å²) in [5.41, 5.74) is -1.66. The van der Waals surface area contributed by atoms with Gasteiger partial charge in [-0.2, -0.15) is 13.2 Å². The van der Waals surface area contributed by atoms with Gasteiger partial charge < -0.3 is 14.6 Å². The number of rotatable bonds is 2. The van der Waals surface area contributed by atoms with E-state index >= 15 is 0 Å². The van der Waals surface area contributed by atoms with Gasteiger partial charge in [-0.15, -0.1) is 0 Å². The van der Waals surface area contributed by atoms with Crippen LogP contribution in [0.15, 0.2) is 23.1 Å². The smallest absolute Gasteiger partial charge is 0.391 e. The van der Waals surface area contributed by atoms with E-state index in [1.54, 1.807) is 0 Å². The Balaban J connectivity index is 2.17. The molecule has 5 nitrogen and oxygen atoms in total. The molecule has 2 heterocycles. The molecule has 0 radical (unpaired) electrons. The molecule has 0 aromatic carbocycles. The number of hydrogen-bond acceptors (Lipinski definition) is 3.